The minimum Gasteiger partial charge on any atom is -0.467 e. The number of nitrogens with one attached hydrogen (secondary N) is 2. The standard InChI is InChI=1S/C24H28N4O3/c1-16(2)22(24(30)31-3)28-23-18-11-7-8-12-19(18)26-20(27-23)15-25-21(29)14-13-17-9-5-4-6-10-17/h4-12,16,22H,13-15H2,1-3H3,(H,25,29)(H,26,27,28)/t22-/m0/s1. The molecular formula is C24H28N4O3. The van der Waals surface area contributed by atoms with E-state index in [1.807, 2.05) is 68.4 Å². The number of benzene rings is 2. The molecule has 7 heteroatoms. The predicted octanol–water partition coefficient (Wildman–Crippen LogP) is 3.49. The largest absolute Gasteiger partial charge is 0.467 e. The van der Waals surface area contributed by atoms with Gasteiger partial charge >= 0.3 is 5.97 Å². The number of amides is 1. The van der Waals surface area contributed by atoms with Crippen molar-refractivity contribution in [1.29, 1.82) is 0 Å². The Labute approximate surface area is 182 Å². The van der Waals surface area contributed by atoms with Gasteiger partial charge in [0.1, 0.15) is 11.9 Å². The lowest BCUT2D eigenvalue weighted by Crippen LogP contribution is -2.36. The number of ether oxygens (including phenoxy) is 1. The van der Waals surface area contributed by atoms with E-state index in [0.717, 1.165) is 16.5 Å². The van der Waals surface area contributed by atoms with Crippen LogP contribution in [0.4, 0.5) is 5.82 Å². The van der Waals surface area contributed by atoms with Gasteiger partial charge in [-0.2, -0.15) is 0 Å². The molecule has 0 spiro atoms. The summed E-state index contributed by atoms with van der Waals surface area (Å²) in [5.41, 5.74) is 1.86. The van der Waals surface area contributed by atoms with E-state index in [4.69, 9.17) is 4.74 Å². The SMILES string of the molecule is COC(=O)[C@@H](Nc1nc(CNC(=O)CCc2ccccc2)nc2ccccc12)C(C)C. The Morgan fingerprint density at radius 1 is 1.00 bits per heavy atom. The molecule has 31 heavy (non-hydrogen) atoms. The van der Waals surface area contributed by atoms with E-state index in [-0.39, 0.29) is 24.3 Å². The maximum Gasteiger partial charge on any atom is 0.328 e. The van der Waals surface area contributed by atoms with Gasteiger partial charge in [-0.1, -0.05) is 56.3 Å². The maximum absolute atomic E-state index is 12.3. The van der Waals surface area contributed by atoms with Crippen LogP contribution in [0.2, 0.25) is 0 Å². The van der Waals surface area contributed by atoms with E-state index < -0.39 is 6.04 Å². The highest BCUT2D eigenvalue weighted by atomic mass is 16.5. The Morgan fingerprint density at radius 3 is 2.42 bits per heavy atom. The Balaban J connectivity index is 1.73. The number of hydrogen-bond donors (Lipinski definition) is 2. The van der Waals surface area contributed by atoms with Crippen molar-refractivity contribution in [3.63, 3.8) is 0 Å². The number of hydrogen-bond acceptors (Lipinski definition) is 6. The summed E-state index contributed by atoms with van der Waals surface area (Å²) < 4.78 is 4.93. The van der Waals surface area contributed by atoms with Crippen molar-refractivity contribution in [3.8, 4) is 0 Å². The van der Waals surface area contributed by atoms with Crippen LogP contribution in [-0.2, 0) is 27.3 Å². The molecule has 0 saturated heterocycles. The molecule has 0 aliphatic rings. The minimum atomic E-state index is -0.545. The molecule has 0 fully saturated rings. The fourth-order valence-corrected chi connectivity index (χ4v) is 3.25. The number of carbonyl (C=O) groups is 2. The molecule has 2 aromatic carbocycles. The molecule has 0 unspecified atom stereocenters. The number of fused-ring (bicyclic) bond motifs is 1. The lowest BCUT2D eigenvalue weighted by molar-refractivity contribution is -0.142. The van der Waals surface area contributed by atoms with Gasteiger partial charge < -0.3 is 15.4 Å². The second kappa shape index (κ2) is 10.5. The molecule has 1 aromatic heterocycles. The Hall–Kier alpha value is -3.48. The lowest BCUT2D eigenvalue weighted by Gasteiger charge is -2.21. The molecule has 0 bridgehead atoms. The average Bonchev–Trinajstić information content (AvgIpc) is 2.79. The van der Waals surface area contributed by atoms with Crippen molar-refractivity contribution in [3.05, 3.63) is 66.0 Å². The summed E-state index contributed by atoms with van der Waals surface area (Å²) in [4.78, 5) is 33.6. The summed E-state index contributed by atoms with van der Waals surface area (Å²) in [6, 6.07) is 16.9. The van der Waals surface area contributed by atoms with Crippen LogP contribution in [0, 0.1) is 5.92 Å². The van der Waals surface area contributed by atoms with Gasteiger partial charge in [0, 0.05) is 11.8 Å². The first-order chi connectivity index (χ1) is 15.0. The topological polar surface area (TPSA) is 93.2 Å². The van der Waals surface area contributed by atoms with Crippen LogP contribution in [0.1, 0.15) is 31.7 Å². The van der Waals surface area contributed by atoms with E-state index in [2.05, 4.69) is 20.6 Å². The zero-order valence-corrected chi connectivity index (χ0v) is 18.1. The Bertz CT molecular complexity index is 1040. The highest BCUT2D eigenvalue weighted by Gasteiger charge is 2.24. The zero-order valence-electron chi connectivity index (χ0n) is 18.1. The number of anilines is 1. The molecule has 3 rings (SSSR count). The molecular weight excluding hydrogens is 392 g/mol. The minimum absolute atomic E-state index is 0.00215. The highest BCUT2D eigenvalue weighted by Crippen LogP contribution is 2.22. The van der Waals surface area contributed by atoms with Gasteiger partial charge in [0.25, 0.3) is 0 Å². The third kappa shape index (κ3) is 6.01. The van der Waals surface area contributed by atoms with Gasteiger partial charge in [0.05, 0.1) is 19.2 Å². The van der Waals surface area contributed by atoms with Crippen LogP contribution < -0.4 is 10.6 Å². The van der Waals surface area contributed by atoms with Crippen molar-refractivity contribution in [2.75, 3.05) is 12.4 Å². The molecule has 0 aliphatic carbocycles. The fourth-order valence-electron chi connectivity index (χ4n) is 3.25. The van der Waals surface area contributed by atoms with Crippen molar-refractivity contribution in [1.82, 2.24) is 15.3 Å². The van der Waals surface area contributed by atoms with Gasteiger partial charge in [-0.25, -0.2) is 14.8 Å². The van der Waals surface area contributed by atoms with E-state index in [1.54, 1.807) is 0 Å². The normalized spacial score (nSPS) is 11.9. The van der Waals surface area contributed by atoms with Gasteiger partial charge in [0.15, 0.2) is 5.82 Å². The number of aryl methyl sites for hydroxylation is 1. The highest BCUT2D eigenvalue weighted by molar-refractivity contribution is 5.91. The van der Waals surface area contributed by atoms with Crippen LogP contribution >= 0.6 is 0 Å². The Morgan fingerprint density at radius 2 is 1.71 bits per heavy atom. The Kier molecular flexibility index (Phi) is 7.54. The zero-order chi connectivity index (χ0) is 22.2. The molecule has 162 valence electrons. The van der Waals surface area contributed by atoms with E-state index in [1.165, 1.54) is 7.11 Å². The third-order valence-corrected chi connectivity index (χ3v) is 4.99. The summed E-state index contributed by atoms with van der Waals surface area (Å²) in [7, 11) is 1.37. The number of carbonyl (C=O) groups excluding carboxylic acids is 2. The third-order valence-electron chi connectivity index (χ3n) is 4.99. The smallest absolute Gasteiger partial charge is 0.328 e. The van der Waals surface area contributed by atoms with Gasteiger partial charge in [-0.05, 0) is 30.0 Å². The monoisotopic (exact) mass is 420 g/mol. The molecule has 2 N–H and O–H groups in total. The summed E-state index contributed by atoms with van der Waals surface area (Å²) >= 11 is 0. The molecule has 1 amide bonds. The van der Waals surface area contributed by atoms with Crippen LogP contribution in [-0.4, -0.2) is 35.0 Å². The number of esters is 1. The predicted molar refractivity (Wildman–Crippen MR) is 120 cm³/mol. The van der Waals surface area contributed by atoms with Crippen molar-refractivity contribution < 1.29 is 14.3 Å². The number of para-hydroxylation sites is 1. The molecule has 7 nitrogen and oxygen atoms in total. The van der Waals surface area contributed by atoms with E-state index in [0.29, 0.717) is 24.5 Å². The second-order valence-electron chi connectivity index (χ2n) is 7.66. The van der Waals surface area contributed by atoms with E-state index >= 15 is 0 Å². The first kappa shape index (κ1) is 22.2. The second-order valence-corrected chi connectivity index (χ2v) is 7.66. The molecule has 0 radical (unpaired) electrons. The molecule has 1 heterocycles. The summed E-state index contributed by atoms with van der Waals surface area (Å²) in [6.45, 7) is 4.08. The maximum atomic E-state index is 12.3. The summed E-state index contributed by atoms with van der Waals surface area (Å²) in [6.07, 6.45) is 1.06. The van der Waals surface area contributed by atoms with Crippen LogP contribution in [0.5, 0.6) is 0 Å². The van der Waals surface area contributed by atoms with Crippen molar-refractivity contribution in [2.24, 2.45) is 5.92 Å². The van der Waals surface area contributed by atoms with Gasteiger partial charge in [-0.15, -0.1) is 0 Å². The molecule has 3 aromatic rings. The van der Waals surface area contributed by atoms with Crippen LogP contribution in [0.25, 0.3) is 10.9 Å². The lowest BCUT2D eigenvalue weighted by atomic mass is 10.0. The summed E-state index contributed by atoms with van der Waals surface area (Å²) in [5, 5.41) is 6.90. The van der Waals surface area contributed by atoms with Crippen LogP contribution in [0.15, 0.2) is 54.6 Å². The van der Waals surface area contributed by atoms with Gasteiger partial charge in [-0.3, -0.25) is 4.79 Å². The van der Waals surface area contributed by atoms with Crippen molar-refractivity contribution >= 4 is 28.6 Å². The molecule has 0 aliphatic heterocycles. The number of aromatic nitrogens is 2. The first-order valence-corrected chi connectivity index (χ1v) is 10.4. The number of nitrogens with zero attached hydrogens (tertiary/aromatic N) is 2. The number of methoxy groups -OCH3 is 1. The fraction of sp³-hybridized carbons (Fsp3) is 0.333. The quantitative estimate of drug-likeness (QED) is 0.515. The average molecular weight is 421 g/mol. The first-order valence-electron chi connectivity index (χ1n) is 10.4. The van der Waals surface area contributed by atoms with Crippen LogP contribution in [0.3, 0.4) is 0 Å². The molecule has 1 atom stereocenters. The van der Waals surface area contributed by atoms with E-state index in [9.17, 15) is 9.59 Å². The van der Waals surface area contributed by atoms with Crippen molar-refractivity contribution in [2.45, 2.75) is 39.3 Å². The molecule has 0 saturated carbocycles. The number of rotatable bonds is 9. The summed E-state index contributed by atoms with van der Waals surface area (Å²) in [5.74, 6) is 0.602. The van der Waals surface area contributed by atoms with Gasteiger partial charge in [0.2, 0.25) is 5.91 Å².